The van der Waals surface area contributed by atoms with Crippen LogP contribution in [0.15, 0.2) is 48.9 Å². The highest BCUT2D eigenvalue weighted by atomic mass is 79.9. The van der Waals surface area contributed by atoms with Gasteiger partial charge in [0.05, 0.1) is 20.2 Å². The second-order valence-electron chi connectivity index (χ2n) is 4.43. The van der Waals surface area contributed by atoms with E-state index in [4.69, 9.17) is 16.3 Å². The first kappa shape index (κ1) is 19.2. The number of carbonyl (C=O) groups is 1. The van der Waals surface area contributed by atoms with E-state index in [0.29, 0.717) is 29.8 Å². The van der Waals surface area contributed by atoms with Gasteiger partial charge >= 0.3 is 0 Å². The number of hydrogen-bond donors (Lipinski definition) is 2. The minimum Gasteiger partial charge on any atom is -0.506 e. The third kappa shape index (κ3) is 4.95. The molecule has 0 aliphatic heterocycles. The molecule has 0 aliphatic carbocycles. The maximum Gasteiger partial charge on any atom is 0.277 e. The molecule has 0 unspecified atom stereocenters. The van der Waals surface area contributed by atoms with Crippen molar-refractivity contribution in [2.24, 2.45) is 5.10 Å². The number of carbonyl (C=O) groups excluding carboxylic acids is 1. The number of nitrogens with one attached hydrogen (secondary N) is 1. The number of hydrazone groups is 1. The first-order valence-corrected chi connectivity index (χ1v) is 9.21. The molecule has 0 bridgehead atoms. The van der Waals surface area contributed by atoms with Crippen molar-refractivity contribution in [1.29, 1.82) is 0 Å². The number of benzene rings is 2. The highest BCUT2D eigenvalue weighted by Crippen LogP contribution is 2.38. The van der Waals surface area contributed by atoms with Gasteiger partial charge in [-0.1, -0.05) is 39.7 Å². The highest BCUT2D eigenvalue weighted by molar-refractivity contribution is 9.11. The molecule has 2 aromatic rings. The largest absolute Gasteiger partial charge is 0.506 e. The van der Waals surface area contributed by atoms with E-state index < -0.39 is 5.91 Å². The first-order chi connectivity index (χ1) is 11.4. The van der Waals surface area contributed by atoms with Crippen LogP contribution < -0.4 is 10.2 Å². The van der Waals surface area contributed by atoms with Crippen molar-refractivity contribution < 1.29 is 14.6 Å². The molecule has 0 saturated heterocycles. The van der Waals surface area contributed by atoms with Crippen molar-refractivity contribution in [3.63, 3.8) is 0 Å². The van der Waals surface area contributed by atoms with E-state index in [-0.39, 0.29) is 12.4 Å². The minimum absolute atomic E-state index is 0.0352. The molecule has 0 aliphatic rings. The van der Waals surface area contributed by atoms with E-state index in [0.717, 1.165) is 0 Å². The van der Waals surface area contributed by atoms with Crippen LogP contribution >= 0.6 is 59.4 Å². The lowest BCUT2D eigenvalue weighted by Gasteiger charge is -2.07. The highest BCUT2D eigenvalue weighted by Gasteiger charge is 2.12. The summed E-state index contributed by atoms with van der Waals surface area (Å²) in [5, 5.41) is 14.1. The zero-order valence-corrected chi connectivity index (χ0v) is 17.4. The Hall–Kier alpha value is -1.09. The Labute approximate surface area is 168 Å². The molecule has 0 heterocycles. The quantitative estimate of drug-likeness (QED) is 0.420. The second kappa shape index (κ2) is 8.84. The van der Waals surface area contributed by atoms with Gasteiger partial charge in [0.1, 0.15) is 11.5 Å². The summed E-state index contributed by atoms with van der Waals surface area (Å²) < 4.78 is 6.95. The number of halogens is 4. The summed E-state index contributed by atoms with van der Waals surface area (Å²) in [6.07, 6.45) is 1.40. The molecule has 0 saturated carbocycles. The van der Waals surface area contributed by atoms with E-state index in [1.165, 1.54) is 6.21 Å². The molecule has 9 heteroatoms. The third-order valence-corrected chi connectivity index (χ3v) is 5.14. The third-order valence-electron chi connectivity index (χ3n) is 2.76. The molecule has 5 nitrogen and oxygen atoms in total. The number of rotatable bonds is 5. The number of nitrogens with zero attached hydrogens (tertiary/aromatic N) is 1. The monoisotopic (exact) mass is 538 g/mol. The number of para-hydroxylation sites is 1. The lowest BCUT2D eigenvalue weighted by atomic mass is 10.2. The van der Waals surface area contributed by atoms with Crippen molar-refractivity contribution >= 4 is 71.5 Å². The molecule has 2 N–H and O–H groups in total. The molecule has 2 rings (SSSR count). The van der Waals surface area contributed by atoms with Crippen molar-refractivity contribution in [3.05, 3.63) is 54.3 Å². The van der Waals surface area contributed by atoms with Gasteiger partial charge in [0.25, 0.3) is 5.91 Å². The van der Waals surface area contributed by atoms with Gasteiger partial charge in [0.15, 0.2) is 6.61 Å². The van der Waals surface area contributed by atoms with Gasteiger partial charge in [0, 0.05) is 10.0 Å². The van der Waals surface area contributed by atoms with E-state index in [2.05, 4.69) is 58.3 Å². The Morgan fingerprint density at radius 2 is 2.00 bits per heavy atom. The summed E-state index contributed by atoms with van der Waals surface area (Å²) in [7, 11) is 0. The zero-order valence-electron chi connectivity index (χ0n) is 11.9. The summed E-state index contributed by atoms with van der Waals surface area (Å²) in [4.78, 5) is 11.7. The average Bonchev–Trinajstić information content (AvgIpc) is 2.55. The zero-order chi connectivity index (χ0) is 17.7. The van der Waals surface area contributed by atoms with Gasteiger partial charge in [-0.05, 0) is 50.1 Å². The molecule has 1 amide bonds. The molecular formula is C15H10Br3ClN2O3. The predicted molar refractivity (Wildman–Crippen MR) is 104 cm³/mol. The lowest BCUT2D eigenvalue weighted by molar-refractivity contribution is -0.123. The standard InChI is InChI=1S/C15H10Br3ClN2O3/c16-9-5-10(17)15(23)14(18)8(9)6-20-21-13(22)7-24-12-4-2-1-3-11(12)19/h1-6,23H,7H2,(H,21,22)/b20-6+. The van der Waals surface area contributed by atoms with Crippen LogP contribution in [0.3, 0.4) is 0 Å². The molecular weight excluding hydrogens is 531 g/mol. The van der Waals surface area contributed by atoms with Crippen LogP contribution in [0, 0.1) is 0 Å². The Kier molecular flexibility index (Phi) is 7.09. The molecule has 0 fully saturated rings. The van der Waals surface area contributed by atoms with Gasteiger partial charge in [-0.15, -0.1) is 0 Å². The summed E-state index contributed by atoms with van der Waals surface area (Å²) in [6, 6.07) is 8.53. The smallest absolute Gasteiger partial charge is 0.277 e. The lowest BCUT2D eigenvalue weighted by Crippen LogP contribution is -2.24. The van der Waals surface area contributed by atoms with Gasteiger partial charge in [-0.25, -0.2) is 5.43 Å². The van der Waals surface area contributed by atoms with Crippen LogP contribution in [-0.4, -0.2) is 23.8 Å². The number of hydrogen-bond acceptors (Lipinski definition) is 4. The van der Waals surface area contributed by atoms with E-state index in [9.17, 15) is 9.90 Å². The Bertz CT molecular complexity index is 800. The Morgan fingerprint density at radius 3 is 2.71 bits per heavy atom. The van der Waals surface area contributed by atoms with Gasteiger partial charge < -0.3 is 9.84 Å². The SMILES string of the molecule is O=C(COc1ccccc1Cl)N/N=C/c1c(Br)cc(Br)c(O)c1Br. The molecule has 2 aromatic carbocycles. The molecule has 126 valence electrons. The summed E-state index contributed by atoms with van der Waals surface area (Å²) in [5.41, 5.74) is 2.91. The number of phenols is 1. The Balaban J connectivity index is 1.96. The van der Waals surface area contributed by atoms with Gasteiger partial charge in [-0.3, -0.25) is 4.79 Å². The Morgan fingerprint density at radius 1 is 1.29 bits per heavy atom. The summed E-state index contributed by atoms with van der Waals surface area (Å²) in [6.45, 7) is -0.227. The molecule has 0 aromatic heterocycles. The summed E-state index contributed by atoms with van der Waals surface area (Å²) >= 11 is 15.8. The topological polar surface area (TPSA) is 70.9 Å². The summed E-state index contributed by atoms with van der Waals surface area (Å²) in [5.74, 6) is 0.00870. The predicted octanol–water partition coefficient (Wildman–Crippen LogP) is 4.86. The maximum absolute atomic E-state index is 11.7. The van der Waals surface area contributed by atoms with Crippen molar-refractivity contribution in [1.82, 2.24) is 5.43 Å². The van der Waals surface area contributed by atoms with Gasteiger partial charge in [-0.2, -0.15) is 5.10 Å². The van der Waals surface area contributed by atoms with Crippen LogP contribution in [0.25, 0.3) is 0 Å². The average molecular weight is 541 g/mol. The fraction of sp³-hybridized carbons (Fsp3) is 0.0667. The minimum atomic E-state index is -0.445. The van der Waals surface area contributed by atoms with E-state index in [1.54, 1.807) is 30.3 Å². The van der Waals surface area contributed by atoms with E-state index >= 15 is 0 Å². The number of phenolic OH excluding ortho intramolecular Hbond substituents is 1. The second-order valence-corrected chi connectivity index (χ2v) is 7.34. The van der Waals surface area contributed by atoms with Crippen molar-refractivity contribution in [2.45, 2.75) is 0 Å². The van der Waals surface area contributed by atoms with Crippen LogP contribution in [-0.2, 0) is 4.79 Å². The molecule has 0 radical (unpaired) electrons. The molecule has 0 atom stereocenters. The van der Waals surface area contributed by atoms with Crippen molar-refractivity contribution in [3.8, 4) is 11.5 Å². The first-order valence-electron chi connectivity index (χ1n) is 6.46. The normalized spacial score (nSPS) is 10.8. The van der Waals surface area contributed by atoms with Crippen LogP contribution in [0.2, 0.25) is 5.02 Å². The fourth-order valence-electron chi connectivity index (χ4n) is 1.62. The van der Waals surface area contributed by atoms with Crippen LogP contribution in [0.1, 0.15) is 5.56 Å². The number of aromatic hydroxyl groups is 1. The fourth-order valence-corrected chi connectivity index (χ4v) is 4.13. The van der Waals surface area contributed by atoms with Crippen LogP contribution in [0.4, 0.5) is 0 Å². The van der Waals surface area contributed by atoms with Crippen LogP contribution in [0.5, 0.6) is 11.5 Å². The molecule has 24 heavy (non-hydrogen) atoms. The van der Waals surface area contributed by atoms with E-state index in [1.807, 2.05) is 0 Å². The molecule has 0 spiro atoms. The van der Waals surface area contributed by atoms with Gasteiger partial charge in [0.2, 0.25) is 0 Å². The number of ether oxygens (including phenoxy) is 1. The maximum atomic E-state index is 11.7. The van der Waals surface area contributed by atoms with Crippen molar-refractivity contribution in [2.75, 3.05) is 6.61 Å². The number of amides is 1.